The molecule has 2 heterocycles. The molecule has 4 nitrogen and oxygen atoms in total. The number of nitrogens with zero attached hydrogens (tertiary/aromatic N) is 1. The summed E-state index contributed by atoms with van der Waals surface area (Å²) in [6, 6.07) is 19.1. The molecule has 0 unspecified atom stereocenters. The largest absolute Gasteiger partial charge is 0.456 e. The molecule has 4 heteroatoms. The van der Waals surface area contributed by atoms with Crippen LogP contribution in [0.5, 0.6) is 0 Å². The molecule has 114 valence electrons. The summed E-state index contributed by atoms with van der Waals surface area (Å²) in [4.78, 5) is 26.6. The molecule has 2 aliphatic heterocycles. The van der Waals surface area contributed by atoms with Gasteiger partial charge in [-0.1, -0.05) is 48.5 Å². The molecule has 0 spiro atoms. The van der Waals surface area contributed by atoms with Crippen molar-refractivity contribution in [2.75, 3.05) is 11.5 Å². The van der Waals surface area contributed by atoms with Crippen LogP contribution in [0.1, 0.15) is 17.9 Å². The van der Waals surface area contributed by atoms with E-state index in [1.165, 1.54) is 0 Å². The molecule has 1 amide bonds. The van der Waals surface area contributed by atoms with Crippen LogP contribution < -0.4 is 4.90 Å². The van der Waals surface area contributed by atoms with Crippen LogP contribution in [0.25, 0.3) is 0 Å². The van der Waals surface area contributed by atoms with E-state index >= 15 is 0 Å². The lowest BCUT2D eigenvalue weighted by Gasteiger charge is -2.31. The maximum atomic E-state index is 12.8. The van der Waals surface area contributed by atoms with Gasteiger partial charge < -0.3 is 4.74 Å². The summed E-state index contributed by atoms with van der Waals surface area (Å²) in [5, 5.41) is 0. The molecule has 23 heavy (non-hydrogen) atoms. The fourth-order valence-electron chi connectivity index (χ4n) is 3.30. The molecule has 0 radical (unpaired) electrons. The van der Waals surface area contributed by atoms with Crippen molar-refractivity contribution >= 4 is 17.6 Å². The number of ether oxygens (including phenoxy) is 1. The molecule has 0 saturated heterocycles. The van der Waals surface area contributed by atoms with Crippen molar-refractivity contribution in [3.63, 3.8) is 0 Å². The predicted octanol–water partition coefficient (Wildman–Crippen LogP) is 3.02. The summed E-state index contributed by atoms with van der Waals surface area (Å²) in [7, 11) is 0. The maximum absolute atomic E-state index is 12.8. The lowest BCUT2D eigenvalue weighted by atomic mass is 9.84. The molecule has 0 bridgehead atoms. The molecular formula is C19H15NO3. The van der Waals surface area contributed by atoms with Crippen molar-refractivity contribution in [2.45, 2.75) is 12.3 Å². The Morgan fingerprint density at radius 3 is 2.26 bits per heavy atom. The number of hydrogen-bond acceptors (Lipinski definition) is 3. The summed E-state index contributed by atoms with van der Waals surface area (Å²) >= 11 is 0. The quantitative estimate of drug-likeness (QED) is 0.801. The number of cyclic esters (lactones) is 1. The average Bonchev–Trinajstić information content (AvgIpc) is 2.97. The fraction of sp³-hybridized carbons (Fsp3) is 0.158. The van der Waals surface area contributed by atoms with Crippen LogP contribution in [0, 0.1) is 0 Å². The Balaban J connectivity index is 1.84. The van der Waals surface area contributed by atoms with Gasteiger partial charge in [-0.3, -0.25) is 9.69 Å². The van der Waals surface area contributed by atoms with Crippen molar-refractivity contribution in [1.82, 2.24) is 0 Å². The van der Waals surface area contributed by atoms with Gasteiger partial charge in [0.1, 0.15) is 6.61 Å². The highest BCUT2D eigenvalue weighted by Crippen LogP contribution is 2.41. The molecule has 1 atom stereocenters. The minimum atomic E-state index is -0.317. The molecule has 0 saturated carbocycles. The van der Waals surface area contributed by atoms with E-state index in [4.69, 9.17) is 4.74 Å². The van der Waals surface area contributed by atoms with Gasteiger partial charge in [-0.25, -0.2) is 4.79 Å². The van der Waals surface area contributed by atoms with E-state index in [0.29, 0.717) is 11.3 Å². The number of esters is 1. The molecule has 0 N–H and O–H groups in total. The van der Waals surface area contributed by atoms with Gasteiger partial charge >= 0.3 is 5.97 Å². The van der Waals surface area contributed by atoms with Gasteiger partial charge in [-0.15, -0.1) is 0 Å². The van der Waals surface area contributed by atoms with Crippen LogP contribution in [-0.4, -0.2) is 18.5 Å². The molecule has 2 aromatic rings. The molecule has 2 aliphatic rings. The van der Waals surface area contributed by atoms with Gasteiger partial charge in [0.05, 0.1) is 11.3 Å². The first kappa shape index (κ1) is 13.8. The number of benzene rings is 2. The Kier molecular flexibility index (Phi) is 3.23. The summed E-state index contributed by atoms with van der Waals surface area (Å²) in [5.74, 6) is -0.557. The summed E-state index contributed by atoms with van der Waals surface area (Å²) in [5.41, 5.74) is 3.03. The standard InChI is InChI=1S/C19H15NO3/c21-17-11-15(13-7-3-1-4-8-13)18-16(12-23-19(18)22)20(17)14-9-5-2-6-10-14/h1-10,15H,11-12H2/t15-/m0/s1. The molecule has 0 aromatic heterocycles. The van der Waals surface area contributed by atoms with Crippen LogP contribution >= 0.6 is 0 Å². The normalized spacial score (nSPS) is 20.5. The SMILES string of the molecule is O=C1OCC2=C1[C@H](c1ccccc1)CC(=O)N2c1ccccc1. The van der Waals surface area contributed by atoms with Crippen molar-refractivity contribution in [1.29, 1.82) is 0 Å². The Bertz CT molecular complexity index is 796. The third-order valence-corrected chi connectivity index (χ3v) is 4.33. The highest BCUT2D eigenvalue weighted by molar-refractivity contribution is 6.06. The second-order valence-corrected chi connectivity index (χ2v) is 5.67. The predicted molar refractivity (Wildman–Crippen MR) is 85.7 cm³/mol. The summed E-state index contributed by atoms with van der Waals surface area (Å²) in [6.45, 7) is 0.151. The lowest BCUT2D eigenvalue weighted by molar-refractivity contribution is -0.136. The third kappa shape index (κ3) is 2.23. The number of amides is 1. The molecule has 0 aliphatic carbocycles. The molecule has 4 rings (SSSR count). The van der Waals surface area contributed by atoms with Crippen molar-refractivity contribution in [2.24, 2.45) is 0 Å². The Morgan fingerprint density at radius 1 is 0.913 bits per heavy atom. The van der Waals surface area contributed by atoms with Crippen LogP contribution in [0.15, 0.2) is 71.9 Å². The second-order valence-electron chi connectivity index (χ2n) is 5.67. The number of rotatable bonds is 2. The van der Waals surface area contributed by atoms with E-state index in [0.717, 1.165) is 11.3 Å². The Morgan fingerprint density at radius 2 is 1.57 bits per heavy atom. The first-order chi connectivity index (χ1) is 11.3. The number of para-hydroxylation sites is 1. The molecule has 0 fully saturated rings. The van der Waals surface area contributed by atoms with Crippen LogP contribution in [0.2, 0.25) is 0 Å². The van der Waals surface area contributed by atoms with E-state index in [1.54, 1.807) is 4.90 Å². The van der Waals surface area contributed by atoms with Gasteiger partial charge in [0.15, 0.2) is 0 Å². The first-order valence-corrected chi connectivity index (χ1v) is 7.59. The number of carbonyl (C=O) groups is 2. The number of hydrogen-bond donors (Lipinski definition) is 0. The number of carbonyl (C=O) groups excluding carboxylic acids is 2. The van der Waals surface area contributed by atoms with Crippen LogP contribution in [0.4, 0.5) is 5.69 Å². The average molecular weight is 305 g/mol. The van der Waals surface area contributed by atoms with Gasteiger partial charge in [0.2, 0.25) is 5.91 Å². The zero-order chi connectivity index (χ0) is 15.8. The van der Waals surface area contributed by atoms with E-state index < -0.39 is 0 Å². The minimum Gasteiger partial charge on any atom is -0.456 e. The molecular weight excluding hydrogens is 290 g/mol. The summed E-state index contributed by atoms with van der Waals surface area (Å²) in [6.07, 6.45) is 0.271. The number of anilines is 1. The minimum absolute atomic E-state index is 0.0119. The van der Waals surface area contributed by atoms with Gasteiger partial charge in [0.25, 0.3) is 0 Å². The van der Waals surface area contributed by atoms with Crippen molar-refractivity contribution in [3.05, 3.63) is 77.5 Å². The summed E-state index contributed by atoms with van der Waals surface area (Å²) < 4.78 is 5.24. The highest BCUT2D eigenvalue weighted by Gasteiger charge is 2.42. The van der Waals surface area contributed by atoms with Gasteiger partial charge in [-0.2, -0.15) is 0 Å². The topological polar surface area (TPSA) is 46.6 Å². The Hall–Kier alpha value is -2.88. The van der Waals surface area contributed by atoms with Crippen LogP contribution in [-0.2, 0) is 14.3 Å². The van der Waals surface area contributed by atoms with E-state index in [1.807, 2.05) is 60.7 Å². The van der Waals surface area contributed by atoms with E-state index in [-0.39, 0.29) is 30.8 Å². The van der Waals surface area contributed by atoms with Gasteiger partial charge in [-0.05, 0) is 17.7 Å². The Labute approximate surface area is 134 Å². The van der Waals surface area contributed by atoms with Crippen molar-refractivity contribution < 1.29 is 14.3 Å². The lowest BCUT2D eigenvalue weighted by Crippen LogP contribution is -2.37. The third-order valence-electron chi connectivity index (χ3n) is 4.33. The smallest absolute Gasteiger partial charge is 0.336 e. The first-order valence-electron chi connectivity index (χ1n) is 7.59. The van der Waals surface area contributed by atoms with Gasteiger partial charge in [0, 0.05) is 18.0 Å². The zero-order valence-corrected chi connectivity index (χ0v) is 12.4. The molecule has 2 aromatic carbocycles. The van der Waals surface area contributed by atoms with Crippen LogP contribution in [0.3, 0.4) is 0 Å². The second kappa shape index (κ2) is 5.39. The van der Waals surface area contributed by atoms with E-state index in [2.05, 4.69) is 0 Å². The zero-order valence-electron chi connectivity index (χ0n) is 12.4. The van der Waals surface area contributed by atoms with Crippen molar-refractivity contribution in [3.8, 4) is 0 Å². The fourth-order valence-corrected chi connectivity index (χ4v) is 3.30. The monoisotopic (exact) mass is 305 g/mol. The highest BCUT2D eigenvalue weighted by atomic mass is 16.5. The van der Waals surface area contributed by atoms with E-state index in [9.17, 15) is 9.59 Å². The maximum Gasteiger partial charge on any atom is 0.336 e.